The average molecular weight is 302 g/mol. The number of hydrogen-bond acceptors (Lipinski definition) is 7. The van der Waals surface area contributed by atoms with Crippen molar-refractivity contribution in [3.63, 3.8) is 0 Å². The molecule has 1 saturated heterocycles. The molecule has 2 N–H and O–H groups in total. The summed E-state index contributed by atoms with van der Waals surface area (Å²) in [6.45, 7) is 4.27. The van der Waals surface area contributed by atoms with Crippen LogP contribution in [0.5, 0.6) is 0 Å². The molecule has 0 aromatic carbocycles. The van der Waals surface area contributed by atoms with E-state index in [2.05, 4.69) is 20.4 Å². The maximum atomic E-state index is 10.4. The van der Waals surface area contributed by atoms with Crippen LogP contribution in [0, 0.1) is 0 Å². The molecule has 0 aliphatic carbocycles. The van der Waals surface area contributed by atoms with Crippen molar-refractivity contribution in [3.05, 3.63) is 0 Å². The lowest BCUT2D eigenvalue weighted by atomic mass is 10.1. The minimum absolute atomic E-state index is 0.0302. The summed E-state index contributed by atoms with van der Waals surface area (Å²) in [7, 11) is 0. The van der Waals surface area contributed by atoms with Gasteiger partial charge in [-0.1, -0.05) is 29.5 Å². The summed E-state index contributed by atoms with van der Waals surface area (Å²) >= 11 is 2.62. The van der Waals surface area contributed by atoms with Crippen molar-refractivity contribution in [2.75, 3.05) is 37.2 Å². The van der Waals surface area contributed by atoms with Crippen LogP contribution in [-0.4, -0.2) is 58.1 Å². The zero-order valence-corrected chi connectivity index (χ0v) is 12.3. The highest BCUT2D eigenvalue weighted by molar-refractivity contribution is 8.01. The number of nitrogens with one attached hydrogen (secondary N) is 1. The van der Waals surface area contributed by atoms with E-state index in [1.807, 2.05) is 0 Å². The Balaban J connectivity index is 1.66. The lowest BCUT2D eigenvalue weighted by molar-refractivity contribution is -0.133. The van der Waals surface area contributed by atoms with Crippen molar-refractivity contribution < 1.29 is 9.90 Å². The average Bonchev–Trinajstić information content (AvgIpc) is 2.86. The standard InChI is InChI=1S/C11H18N4O2S2/c16-9(17)8-18-11-14-13-10(19-11)12-4-7-15-5-2-1-3-6-15/h1-8H2,(H,12,13)(H,16,17). The SMILES string of the molecule is O=C(O)CSc1nnc(NCCN2CCCCC2)s1. The molecule has 0 unspecified atom stereocenters. The van der Waals surface area contributed by atoms with Crippen LogP contribution in [0.15, 0.2) is 4.34 Å². The number of nitrogens with zero attached hydrogens (tertiary/aromatic N) is 3. The van der Waals surface area contributed by atoms with E-state index >= 15 is 0 Å². The summed E-state index contributed by atoms with van der Waals surface area (Å²) in [6, 6.07) is 0. The molecule has 0 saturated carbocycles. The number of likely N-dealkylation sites (tertiary alicyclic amines) is 1. The second kappa shape index (κ2) is 7.66. The van der Waals surface area contributed by atoms with E-state index in [9.17, 15) is 4.79 Å². The van der Waals surface area contributed by atoms with Gasteiger partial charge in [0.2, 0.25) is 5.13 Å². The lowest BCUT2D eigenvalue weighted by Crippen LogP contribution is -2.33. The summed E-state index contributed by atoms with van der Waals surface area (Å²) in [6.07, 6.45) is 3.95. The highest BCUT2D eigenvalue weighted by atomic mass is 32.2. The molecule has 0 atom stereocenters. The normalized spacial score (nSPS) is 16.4. The molecule has 0 spiro atoms. The Morgan fingerprint density at radius 1 is 1.37 bits per heavy atom. The Morgan fingerprint density at radius 2 is 2.16 bits per heavy atom. The van der Waals surface area contributed by atoms with Gasteiger partial charge in [-0.3, -0.25) is 4.79 Å². The second-order valence-electron chi connectivity index (χ2n) is 4.38. The number of anilines is 1. The fraction of sp³-hybridized carbons (Fsp3) is 0.727. The monoisotopic (exact) mass is 302 g/mol. The number of carboxylic acid groups (broad SMARTS) is 1. The van der Waals surface area contributed by atoms with Crippen LogP contribution in [0.4, 0.5) is 5.13 Å². The number of rotatable bonds is 7. The minimum Gasteiger partial charge on any atom is -0.481 e. The first-order valence-corrected chi connectivity index (χ1v) is 8.18. The van der Waals surface area contributed by atoms with Gasteiger partial charge in [0.25, 0.3) is 0 Å². The molecule has 0 amide bonds. The molecule has 2 heterocycles. The molecule has 1 aliphatic heterocycles. The van der Waals surface area contributed by atoms with Crippen LogP contribution in [0.2, 0.25) is 0 Å². The number of carbonyl (C=O) groups is 1. The maximum Gasteiger partial charge on any atom is 0.313 e. The molecule has 1 aliphatic rings. The third-order valence-electron chi connectivity index (χ3n) is 2.88. The van der Waals surface area contributed by atoms with Crippen molar-refractivity contribution in [1.82, 2.24) is 15.1 Å². The fourth-order valence-corrected chi connectivity index (χ4v) is 3.46. The molecule has 6 nitrogen and oxygen atoms in total. The first-order valence-electron chi connectivity index (χ1n) is 6.38. The molecule has 8 heteroatoms. The van der Waals surface area contributed by atoms with Crippen LogP contribution in [0.1, 0.15) is 19.3 Å². The van der Waals surface area contributed by atoms with Crippen LogP contribution in [0.3, 0.4) is 0 Å². The quantitative estimate of drug-likeness (QED) is 0.741. The van der Waals surface area contributed by atoms with E-state index in [0.717, 1.165) is 18.2 Å². The van der Waals surface area contributed by atoms with E-state index in [1.165, 1.54) is 55.5 Å². The number of thioether (sulfide) groups is 1. The zero-order valence-electron chi connectivity index (χ0n) is 10.7. The molecule has 0 bridgehead atoms. The Hall–Kier alpha value is -0.860. The summed E-state index contributed by atoms with van der Waals surface area (Å²) in [4.78, 5) is 12.9. The first kappa shape index (κ1) is 14.5. The number of aliphatic carboxylic acids is 1. The van der Waals surface area contributed by atoms with Crippen molar-refractivity contribution in [1.29, 1.82) is 0 Å². The van der Waals surface area contributed by atoms with Gasteiger partial charge in [-0.05, 0) is 25.9 Å². The topological polar surface area (TPSA) is 78.3 Å². The number of piperidine rings is 1. The summed E-state index contributed by atoms with van der Waals surface area (Å²) in [5.41, 5.74) is 0. The van der Waals surface area contributed by atoms with Crippen molar-refractivity contribution in [3.8, 4) is 0 Å². The molecule has 106 valence electrons. The van der Waals surface area contributed by atoms with Crippen molar-refractivity contribution in [2.24, 2.45) is 0 Å². The first-order chi connectivity index (χ1) is 9.24. The van der Waals surface area contributed by atoms with Crippen LogP contribution in [-0.2, 0) is 4.79 Å². The predicted octanol–water partition coefficient (Wildman–Crippen LogP) is 1.61. The summed E-state index contributed by atoms with van der Waals surface area (Å²) < 4.78 is 0.697. The van der Waals surface area contributed by atoms with Gasteiger partial charge >= 0.3 is 5.97 Å². The third kappa shape index (κ3) is 5.33. The van der Waals surface area contributed by atoms with E-state index in [-0.39, 0.29) is 5.75 Å². The Kier molecular flexibility index (Phi) is 5.87. The lowest BCUT2D eigenvalue weighted by Gasteiger charge is -2.26. The molecular weight excluding hydrogens is 284 g/mol. The number of aromatic nitrogens is 2. The van der Waals surface area contributed by atoms with Crippen LogP contribution < -0.4 is 5.32 Å². The van der Waals surface area contributed by atoms with E-state index in [4.69, 9.17) is 5.11 Å². The highest BCUT2D eigenvalue weighted by Gasteiger charge is 2.10. The molecular formula is C11H18N4O2S2. The van der Waals surface area contributed by atoms with E-state index in [0.29, 0.717) is 4.34 Å². The maximum absolute atomic E-state index is 10.4. The van der Waals surface area contributed by atoms with Gasteiger partial charge in [0, 0.05) is 13.1 Å². The Labute approximate surface area is 120 Å². The van der Waals surface area contributed by atoms with E-state index < -0.39 is 5.97 Å². The molecule has 1 fully saturated rings. The van der Waals surface area contributed by atoms with E-state index in [1.54, 1.807) is 0 Å². The Morgan fingerprint density at radius 3 is 2.89 bits per heavy atom. The molecule has 1 aromatic heterocycles. The Bertz CT molecular complexity index is 407. The summed E-state index contributed by atoms with van der Waals surface area (Å²) in [5.74, 6) is -0.803. The van der Waals surface area contributed by atoms with Gasteiger partial charge in [0.05, 0.1) is 5.75 Å². The zero-order chi connectivity index (χ0) is 13.5. The van der Waals surface area contributed by atoms with Crippen LogP contribution in [0.25, 0.3) is 0 Å². The van der Waals surface area contributed by atoms with Crippen LogP contribution >= 0.6 is 23.1 Å². The smallest absolute Gasteiger partial charge is 0.313 e. The molecule has 0 radical (unpaired) electrons. The van der Waals surface area contributed by atoms with Gasteiger partial charge in [-0.15, -0.1) is 10.2 Å². The van der Waals surface area contributed by atoms with Gasteiger partial charge in [-0.2, -0.15) is 0 Å². The second-order valence-corrected chi connectivity index (χ2v) is 6.58. The van der Waals surface area contributed by atoms with Gasteiger partial charge in [-0.25, -0.2) is 0 Å². The molecule has 1 aromatic rings. The van der Waals surface area contributed by atoms with Gasteiger partial charge in [0.15, 0.2) is 4.34 Å². The molecule has 2 rings (SSSR count). The highest BCUT2D eigenvalue weighted by Crippen LogP contribution is 2.25. The largest absolute Gasteiger partial charge is 0.481 e. The predicted molar refractivity (Wildman–Crippen MR) is 77.0 cm³/mol. The number of carboxylic acids is 1. The van der Waals surface area contributed by atoms with Crippen molar-refractivity contribution in [2.45, 2.75) is 23.6 Å². The third-order valence-corrected chi connectivity index (χ3v) is 4.88. The molecule has 19 heavy (non-hydrogen) atoms. The minimum atomic E-state index is -0.834. The van der Waals surface area contributed by atoms with Gasteiger partial charge in [0.1, 0.15) is 0 Å². The van der Waals surface area contributed by atoms with Gasteiger partial charge < -0.3 is 15.3 Å². The van der Waals surface area contributed by atoms with Crippen molar-refractivity contribution >= 4 is 34.2 Å². The number of hydrogen-bond donors (Lipinski definition) is 2. The fourth-order valence-electron chi connectivity index (χ4n) is 1.97. The summed E-state index contributed by atoms with van der Waals surface area (Å²) in [5, 5.41) is 20.5.